The largest absolute Gasteiger partial charge is 0.497 e. The molecule has 2 aromatic carbocycles. The summed E-state index contributed by atoms with van der Waals surface area (Å²) in [5, 5.41) is 5.25. The molecule has 1 amide bonds. The maximum Gasteiger partial charge on any atom is 0.279 e. The van der Waals surface area contributed by atoms with E-state index in [1.165, 1.54) is 16.7 Å². The van der Waals surface area contributed by atoms with E-state index in [0.717, 1.165) is 30.7 Å². The van der Waals surface area contributed by atoms with E-state index in [9.17, 15) is 4.79 Å². The van der Waals surface area contributed by atoms with E-state index in [0.29, 0.717) is 6.54 Å². The van der Waals surface area contributed by atoms with Gasteiger partial charge in [-0.1, -0.05) is 39.0 Å². The maximum absolute atomic E-state index is 12.5. The van der Waals surface area contributed by atoms with Crippen LogP contribution in [-0.2, 0) is 17.6 Å². The van der Waals surface area contributed by atoms with Crippen molar-refractivity contribution in [1.29, 1.82) is 0 Å². The number of amides is 1. The second-order valence-corrected chi connectivity index (χ2v) is 6.43. The summed E-state index contributed by atoms with van der Waals surface area (Å²) < 4.78 is 5.22. The molecule has 140 valence electrons. The van der Waals surface area contributed by atoms with Crippen LogP contribution >= 0.6 is 0 Å². The Balaban J connectivity index is 2.01. The summed E-state index contributed by atoms with van der Waals surface area (Å²) in [6.07, 6.45) is 2.79. The number of rotatable bonds is 9. The molecular formula is C22H31N2O2+. The molecule has 4 heteroatoms. The summed E-state index contributed by atoms with van der Waals surface area (Å²) in [6.45, 7) is 6.79. The first-order chi connectivity index (χ1) is 12.6. The van der Waals surface area contributed by atoms with Gasteiger partial charge in [0, 0.05) is 17.7 Å². The van der Waals surface area contributed by atoms with Gasteiger partial charge in [0.15, 0.2) is 6.54 Å². The highest BCUT2D eigenvalue weighted by Crippen LogP contribution is 2.22. The summed E-state index contributed by atoms with van der Waals surface area (Å²) in [5.41, 5.74) is 4.59. The van der Waals surface area contributed by atoms with Gasteiger partial charge in [-0.15, -0.1) is 0 Å². The van der Waals surface area contributed by atoms with E-state index >= 15 is 0 Å². The van der Waals surface area contributed by atoms with E-state index in [-0.39, 0.29) is 11.9 Å². The summed E-state index contributed by atoms with van der Waals surface area (Å²) in [4.78, 5) is 12.5. The van der Waals surface area contributed by atoms with Gasteiger partial charge in [-0.3, -0.25) is 4.79 Å². The lowest BCUT2D eigenvalue weighted by Gasteiger charge is -2.17. The number of aryl methyl sites for hydroxylation is 2. The number of para-hydroxylation sites is 1. The van der Waals surface area contributed by atoms with Gasteiger partial charge in [0.05, 0.1) is 7.11 Å². The van der Waals surface area contributed by atoms with Crippen LogP contribution in [0.2, 0.25) is 0 Å². The third kappa shape index (κ3) is 5.09. The zero-order chi connectivity index (χ0) is 18.9. The van der Waals surface area contributed by atoms with Crippen LogP contribution in [0.1, 0.15) is 49.9 Å². The normalized spacial score (nSPS) is 11.8. The standard InChI is InChI=1S/C22H30N2O2/c1-5-16-9-8-10-17(6-2)22(16)24-21(25)15-23-20(7-3)18-11-13-19(26-4)14-12-18/h8-14,20,23H,5-7,15H2,1-4H3,(H,24,25)/p+1/t20-/m1/s1. The molecule has 3 N–H and O–H groups in total. The van der Waals surface area contributed by atoms with Crippen LogP contribution in [0.5, 0.6) is 5.75 Å². The quantitative estimate of drug-likeness (QED) is 0.724. The molecule has 0 saturated heterocycles. The van der Waals surface area contributed by atoms with Crippen LogP contribution in [0.15, 0.2) is 42.5 Å². The Morgan fingerprint density at radius 2 is 1.65 bits per heavy atom. The number of carbonyl (C=O) groups excluding carboxylic acids is 1. The number of nitrogens with two attached hydrogens (primary N) is 1. The van der Waals surface area contributed by atoms with Crippen LogP contribution in [0.3, 0.4) is 0 Å². The minimum Gasteiger partial charge on any atom is -0.497 e. The molecule has 0 unspecified atom stereocenters. The fraction of sp³-hybridized carbons (Fsp3) is 0.409. The molecule has 0 spiro atoms. The lowest BCUT2D eigenvalue weighted by molar-refractivity contribution is -0.686. The molecule has 0 fully saturated rings. The molecule has 2 aromatic rings. The maximum atomic E-state index is 12.5. The minimum atomic E-state index is 0.0487. The van der Waals surface area contributed by atoms with Gasteiger partial charge in [0.25, 0.3) is 5.91 Å². The lowest BCUT2D eigenvalue weighted by atomic mass is 10.0. The molecule has 0 aliphatic rings. The highest BCUT2D eigenvalue weighted by atomic mass is 16.5. The van der Waals surface area contributed by atoms with Gasteiger partial charge in [-0.25, -0.2) is 0 Å². The Morgan fingerprint density at radius 1 is 1.04 bits per heavy atom. The molecule has 26 heavy (non-hydrogen) atoms. The second-order valence-electron chi connectivity index (χ2n) is 6.43. The van der Waals surface area contributed by atoms with E-state index in [1.54, 1.807) is 7.11 Å². The molecular weight excluding hydrogens is 324 g/mol. The van der Waals surface area contributed by atoms with Crippen molar-refractivity contribution in [3.8, 4) is 5.75 Å². The van der Waals surface area contributed by atoms with Crippen molar-refractivity contribution in [2.75, 3.05) is 19.0 Å². The van der Waals surface area contributed by atoms with Crippen molar-refractivity contribution in [2.24, 2.45) is 0 Å². The SMILES string of the molecule is CCc1cccc(CC)c1NC(=O)C[NH2+][C@H](CC)c1ccc(OC)cc1. The van der Waals surface area contributed by atoms with Crippen LogP contribution < -0.4 is 15.4 Å². The minimum absolute atomic E-state index is 0.0487. The Kier molecular flexibility index (Phi) is 7.67. The zero-order valence-corrected chi connectivity index (χ0v) is 16.3. The molecule has 0 aliphatic heterocycles. The summed E-state index contributed by atoms with van der Waals surface area (Å²) >= 11 is 0. The monoisotopic (exact) mass is 355 g/mol. The lowest BCUT2D eigenvalue weighted by Crippen LogP contribution is -2.87. The van der Waals surface area contributed by atoms with Crippen molar-refractivity contribution in [1.82, 2.24) is 0 Å². The predicted molar refractivity (Wildman–Crippen MR) is 107 cm³/mol. The second kappa shape index (κ2) is 9.97. The Hall–Kier alpha value is -2.33. The van der Waals surface area contributed by atoms with Gasteiger partial charge in [0.1, 0.15) is 11.8 Å². The fourth-order valence-corrected chi connectivity index (χ4v) is 3.23. The number of anilines is 1. The molecule has 4 nitrogen and oxygen atoms in total. The number of hydrogen-bond acceptors (Lipinski definition) is 2. The van der Waals surface area contributed by atoms with Crippen molar-refractivity contribution < 1.29 is 14.8 Å². The van der Waals surface area contributed by atoms with Crippen molar-refractivity contribution in [2.45, 2.75) is 46.1 Å². The summed E-state index contributed by atoms with van der Waals surface area (Å²) in [6, 6.07) is 14.6. The smallest absolute Gasteiger partial charge is 0.279 e. The number of methoxy groups -OCH3 is 1. The van der Waals surface area contributed by atoms with Crippen LogP contribution in [0, 0.1) is 0 Å². The Bertz CT molecular complexity index is 688. The molecule has 0 saturated carbocycles. The summed E-state index contributed by atoms with van der Waals surface area (Å²) in [5.74, 6) is 0.900. The van der Waals surface area contributed by atoms with Gasteiger partial charge < -0.3 is 15.4 Å². The van der Waals surface area contributed by atoms with Crippen LogP contribution in [0.4, 0.5) is 5.69 Å². The van der Waals surface area contributed by atoms with E-state index in [2.05, 4.69) is 61.7 Å². The Morgan fingerprint density at radius 3 is 2.15 bits per heavy atom. The number of benzene rings is 2. The average Bonchev–Trinajstić information content (AvgIpc) is 2.69. The molecule has 0 bridgehead atoms. The number of hydrogen-bond donors (Lipinski definition) is 2. The van der Waals surface area contributed by atoms with Crippen LogP contribution in [-0.4, -0.2) is 19.6 Å². The van der Waals surface area contributed by atoms with Crippen molar-refractivity contribution >= 4 is 11.6 Å². The summed E-state index contributed by atoms with van der Waals surface area (Å²) in [7, 11) is 1.67. The topological polar surface area (TPSA) is 54.9 Å². The van der Waals surface area contributed by atoms with Crippen molar-refractivity contribution in [3.63, 3.8) is 0 Å². The highest BCUT2D eigenvalue weighted by Gasteiger charge is 2.16. The van der Waals surface area contributed by atoms with Gasteiger partial charge in [0.2, 0.25) is 0 Å². The average molecular weight is 356 g/mol. The van der Waals surface area contributed by atoms with E-state index in [1.807, 2.05) is 12.1 Å². The third-order valence-corrected chi connectivity index (χ3v) is 4.83. The first-order valence-corrected chi connectivity index (χ1v) is 9.50. The molecule has 1 atom stereocenters. The fourth-order valence-electron chi connectivity index (χ4n) is 3.23. The highest BCUT2D eigenvalue weighted by molar-refractivity contribution is 5.93. The molecule has 0 aromatic heterocycles. The van der Waals surface area contributed by atoms with Gasteiger partial charge >= 0.3 is 0 Å². The van der Waals surface area contributed by atoms with E-state index in [4.69, 9.17) is 4.74 Å². The third-order valence-electron chi connectivity index (χ3n) is 4.83. The first-order valence-electron chi connectivity index (χ1n) is 9.50. The number of quaternary nitrogens is 1. The van der Waals surface area contributed by atoms with Gasteiger partial charge in [-0.05, 0) is 48.2 Å². The Labute approximate surface area is 157 Å². The van der Waals surface area contributed by atoms with Crippen molar-refractivity contribution in [3.05, 3.63) is 59.2 Å². The van der Waals surface area contributed by atoms with Crippen LogP contribution in [0.25, 0.3) is 0 Å². The zero-order valence-electron chi connectivity index (χ0n) is 16.3. The molecule has 0 heterocycles. The molecule has 2 rings (SSSR count). The number of nitrogens with one attached hydrogen (secondary N) is 1. The van der Waals surface area contributed by atoms with Gasteiger partial charge in [-0.2, -0.15) is 0 Å². The molecule has 0 radical (unpaired) electrons. The van der Waals surface area contributed by atoms with E-state index < -0.39 is 0 Å². The molecule has 0 aliphatic carbocycles. The predicted octanol–water partition coefficient (Wildman–Crippen LogP) is 3.47. The number of carbonyl (C=O) groups is 1. The number of ether oxygens (including phenoxy) is 1. The first kappa shape index (κ1) is 20.0.